The molecule has 2 amide bonds. The highest BCUT2D eigenvalue weighted by Gasteiger charge is 2.65. The Morgan fingerprint density at radius 2 is 1.70 bits per heavy atom. The molecule has 2 fully saturated rings. The standard InChI is InChI=1S/C27H19FN4O5/c1-14-6-11-18(32(36)37)12-20(14)30-26(34)21-22(27(30)35)24(25(33)15-7-9-17(28)10-8-15)31-23(21)19-5-3-2-4-16(19)13-29-31/h2-13,21-24H,1H3/t21-,22+,23-,24-/m0/s1. The fraction of sp³-hybridized carbons (Fsp3) is 0.185. The summed E-state index contributed by atoms with van der Waals surface area (Å²) in [4.78, 5) is 53.4. The monoisotopic (exact) mass is 498 g/mol. The van der Waals surface area contributed by atoms with Crippen molar-refractivity contribution in [1.29, 1.82) is 0 Å². The molecule has 3 heterocycles. The average molecular weight is 498 g/mol. The Hall–Kier alpha value is -4.73. The van der Waals surface area contributed by atoms with Gasteiger partial charge in [-0.1, -0.05) is 30.3 Å². The summed E-state index contributed by atoms with van der Waals surface area (Å²) < 4.78 is 13.6. The van der Waals surface area contributed by atoms with Gasteiger partial charge in [0.2, 0.25) is 11.8 Å². The predicted molar refractivity (Wildman–Crippen MR) is 130 cm³/mol. The maximum Gasteiger partial charge on any atom is 0.271 e. The van der Waals surface area contributed by atoms with Gasteiger partial charge < -0.3 is 0 Å². The second-order valence-corrected chi connectivity index (χ2v) is 9.31. The number of fused-ring (bicyclic) bond motifs is 5. The van der Waals surface area contributed by atoms with Crippen LogP contribution in [0.25, 0.3) is 0 Å². The SMILES string of the molecule is Cc1ccc([N+](=O)[O-])cc1N1C(=O)[C@@H]2[C@H](C1=O)[C@@H]1c3ccccc3C=NN1[C@@H]2C(=O)c1ccc(F)cc1. The van der Waals surface area contributed by atoms with Gasteiger partial charge in [0, 0.05) is 17.7 Å². The van der Waals surface area contributed by atoms with Crippen LogP contribution in [0.3, 0.4) is 0 Å². The molecular weight excluding hydrogens is 479 g/mol. The number of aryl methyl sites for hydroxylation is 1. The van der Waals surface area contributed by atoms with Crippen LogP contribution in [0.2, 0.25) is 0 Å². The Labute approximate surface area is 210 Å². The number of Topliss-reactive ketones (excluding diaryl/α,β-unsaturated/α-hetero) is 1. The van der Waals surface area contributed by atoms with Crippen LogP contribution in [-0.2, 0) is 9.59 Å². The van der Waals surface area contributed by atoms with Crippen LogP contribution in [0, 0.1) is 34.7 Å². The summed E-state index contributed by atoms with van der Waals surface area (Å²) in [6.45, 7) is 1.65. The minimum absolute atomic E-state index is 0.116. The molecule has 184 valence electrons. The van der Waals surface area contributed by atoms with E-state index in [0.717, 1.165) is 28.2 Å². The summed E-state index contributed by atoms with van der Waals surface area (Å²) in [5.41, 5.74) is 2.07. The molecule has 6 rings (SSSR count). The Bertz CT molecular complexity index is 1540. The van der Waals surface area contributed by atoms with E-state index in [9.17, 15) is 28.9 Å². The van der Waals surface area contributed by atoms with Crippen molar-refractivity contribution in [2.75, 3.05) is 4.90 Å². The number of hydrogen-bond acceptors (Lipinski definition) is 7. The molecule has 0 saturated carbocycles. The van der Waals surface area contributed by atoms with Crippen molar-refractivity contribution in [2.24, 2.45) is 16.9 Å². The molecule has 0 unspecified atom stereocenters. The third-order valence-corrected chi connectivity index (χ3v) is 7.33. The molecule has 4 atom stereocenters. The molecule has 0 aromatic heterocycles. The van der Waals surface area contributed by atoms with Crippen LogP contribution < -0.4 is 4.90 Å². The number of carbonyl (C=O) groups is 3. The maximum atomic E-state index is 13.9. The molecule has 0 radical (unpaired) electrons. The van der Waals surface area contributed by atoms with Crippen LogP contribution in [0.4, 0.5) is 15.8 Å². The number of benzene rings is 3. The number of anilines is 1. The predicted octanol–water partition coefficient (Wildman–Crippen LogP) is 3.80. The molecule has 0 spiro atoms. The molecule has 3 aromatic rings. The zero-order valence-corrected chi connectivity index (χ0v) is 19.4. The topological polar surface area (TPSA) is 113 Å². The lowest BCUT2D eigenvalue weighted by molar-refractivity contribution is -0.384. The van der Waals surface area contributed by atoms with E-state index in [2.05, 4.69) is 5.10 Å². The van der Waals surface area contributed by atoms with Gasteiger partial charge in [-0.05, 0) is 47.9 Å². The first-order chi connectivity index (χ1) is 17.8. The Balaban J connectivity index is 1.51. The van der Waals surface area contributed by atoms with Crippen LogP contribution >= 0.6 is 0 Å². The van der Waals surface area contributed by atoms with Gasteiger partial charge in [0.25, 0.3) is 5.69 Å². The lowest BCUT2D eigenvalue weighted by Gasteiger charge is -2.34. The Morgan fingerprint density at radius 3 is 2.43 bits per heavy atom. The van der Waals surface area contributed by atoms with Crippen molar-refractivity contribution >= 4 is 35.2 Å². The minimum Gasteiger partial charge on any atom is -0.292 e. The number of halogens is 1. The second kappa shape index (κ2) is 8.16. The van der Waals surface area contributed by atoms with Crippen LogP contribution in [0.15, 0.2) is 71.8 Å². The van der Waals surface area contributed by atoms with Crippen molar-refractivity contribution in [3.63, 3.8) is 0 Å². The van der Waals surface area contributed by atoms with Gasteiger partial charge in [0.1, 0.15) is 11.9 Å². The number of carbonyl (C=O) groups excluding carboxylic acids is 3. The molecule has 9 nitrogen and oxygen atoms in total. The summed E-state index contributed by atoms with van der Waals surface area (Å²) in [6.07, 6.45) is 1.59. The number of hydrogen-bond donors (Lipinski definition) is 0. The third-order valence-electron chi connectivity index (χ3n) is 7.33. The zero-order chi connectivity index (χ0) is 26.0. The molecule has 37 heavy (non-hydrogen) atoms. The maximum absolute atomic E-state index is 13.9. The van der Waals surface area contributed by atoms with Gasteiger partial charge in [0.05, 0.1) is 34.7 Å². The number of ketones is 1. The number of non-ortho nitro benzene ring substituents is 1. The number of nitro benzene ring substituents is 1. The first-order valence-electron chi connectivity index (χ1n) is 11.6. The highest BCUT2D eigenvalue weighted by Crippen LogP contribution is 2.53. The summed E-state index contributed by atoms with van der Waals surface area (Å²) in [6, 6.07) is 14.5. The molecule has 0 N–H and O–H groups in total. The van der Waals surface area contributed by atoms with Gasteiger partial charge >= 0.3 is 0 Å². The number of hydrazone groups is 1. The fourth-order valence-electron chi connectivity index (χ4n) is 5.64. The first kappa shape index (κ1) is 22.7. The molecule has 10 heteroatoms. The van der Waals surface area contributed by atoms with Gasteiger partial charge in [-0.2, -0.15) is 5.10 Å². The van der Waals surface area contributed by atoms with Crippen molar-refractivity contribution in [2.45, 2.75) is 19.0 Å². The van der Waals surface area contributed by atoms with E-state index in [0.29, 0.717) is 5.56 Å². The molecule has 2 saturated heterocycles. The van der Waals surface area contributed by atoms with E-state index in [-0.39, 0.29) is 16.9 Å². The fourth-order valence-corrected chi connectivity index (χ4v) is 5.64. The number of nitrogens with zero attached hydrogens (tertiary/aromatic N) is 4. The summed E-state index contributed by atoms with van der Waals surface area (Å²) >= 11 is 0. The quantitative estimate of drug-likeness (QED) is 0.234. The van der Waals surface area contributed by atoms with Gasteiger partial charge in [-0.25, -0.2) is 9.29 Å². The number of imide groups is 1. The van der Waals surface area contributed by atoms with Gasteiger partial charge in [-0.15, -0.1) is 0 Å². The summed E-state index contributed by atoms with van der Waals surface area (Å²) in [5.74, 6) is -4.18. The molecule has 0 bridgehead atoms. The summed E-state index contributed by atoms with van der Waals surface area (Å²) in [7, 11) is 0. The molecule has 3 aromatic carbocycles. The Morgan fingerprint density at radius 1 is 1.00 bits per heavy atom. The third kappa shape index (κ3) is 3.29. The normalized spacial score (nSPS) is 23.6. The largest absolute Gasteiger partial charge is 0.292 e. The van der Waals surface area contributed by atoms with E-state index in [1.807, 2.05) is 24.3 Å². The van der Waals surface area contributed by atoms with Crippen LogP contribution in [0.1, 0.15) is 33.1 Å². The van der Waals surface area contributed by atoms with Gasteiger partial charge in [0.15, 0.2) is 5.78 Å². The molecule has 3 aliphatic rings. The average Bonchev–Trinajstić information content (AvgIpc) is 3.37. The molecule has 3 aliphatic heterocycles. The molecular formula is C27H19FN4O5. The highest BCUT2D eigenvalue weighted by molar-refractivity contribution is 6.25. The van der Waals surface area contributed by atoms with E-state index in [4.69, 9.17) is 0 Å². The lowest BCUT2D eigenvalue weighted by atomic mass is 9.83. The number of nitro groups is 1. The van der Waals surface area contributed by atoms with E-state index < -0.39 is 52.3 Å². The minimum atomic E-state index is -1.12. The zero-order valence-electron chi connectivity index (χ0n) is 19.4. The second-order valence-electron chi connectivity index (χ2n) is 9.31. The van der Waals surface area contributed by atoms with Crippen molar-refractivity contribution < 1.29 is 23.7 Å². The van der Waals surface area contributed by atoms with Crippen molar-refractivity contribution in [3.8, 4) is 0 Å². The smallest absolute Gasteiger partial charge is 0.271 e. The van der Waals surface area contributed by atoms with E-state index >= 15 is 0 Å². The van der Waals surface area contributed by atoms with Crippen molar-refractivity contribution in [1.82, 2.24) is 5.01 Å². The van der Waals surface area contributed by atoms with Gasteiger partial charge in [-0.3, -0.25) is 29.5 Å². The molecule has 0 aliphatic carbocycles. The first-order valence-corrected chi connectivity index (χ1v) is 11.6. The van der Waals surface area contributed by atoms with Crippen LogP contribution in [-0.4, -0.2) is 39.8 Å². The Kier molecular flexibility index (Phi) is 5.01. The van der Waals surface area contributed by atoms with Crippen LogP contribution in [0.5, 0.6) is 0 Å². The lowest BCUT2D eigenvalue weighted by Crippen LogP contribution is -2.44. The number of amides is 2. The van der Waals surface area contributed by atoms with E-state index in [1.54, 1.807) is 13.1 Å². The summed E-state index contributed by atoms with van der Waals surface area (Å²) in [5, 5.41) is 17.4. The van der Waals surface area contributed by atoms with Crippen molar-refractivity contribution in [3.05, 3.63) is 105 Å². The highest BCUT2D eigenvalue weighted by atomic mass is 19.1. The number of rotatable bonds is 4. The van der Waals surface area contributed by atoms with E-state index in [1.165, 1.54) is 35.3 Å².